The molecular formula is C16H26BrN3O. The lowest BCUT2D eigenvalue weighted by atomic mass is 10.1. The van der Waals surface area contributed by atoms with Gasteiger partial charge in [0.25, 0.3) is 0 Å². The molecule has 2 N–H and O–H groups in total. The molecular weight excluding hydrogens is 330 g/mol. The number of halogens is 1. The number of benzene rings is 1. The van der Waals surface area contributed by atoms with Crippen LogP contribution in [0.1, 0.15) is 25.8 Å². The first kappa shape index (κ1) is 18.0. The molecule has 0 aliphatic rings. The Labute approximate surface area is 136 Å². The Morgan fingerprint density at radius 2 is 2.14 bits per heavy atom. The maximum atomic E-state index is 5.31. The minimum atomic E-state index is 0.707. The topological polar surface area (TPSA) is 45.7 Å². The van der Waals surface area contributed by atoms with Gasteiger partial charge in [-0.15, -0.1) is 0 Å². The van der Waals surface area contributed by atoms with Gasteiger partial charge >= 0.3 is 0 Å². The average Bonchev–Trinajstić information content (AvgIpc) is 2.48. The summed E-state index contributed by atoms with van der Waals surface area (Å²) in [4.78, 5) is 4.58. The van der Waals surface area contributed by atoms with Gasteiger partial charge in [-0.25, -0.2) is 0 Å². The molecule has 118 valence electrons. The zero-order chi connectivity index (χ0) is 15.3. The third-order valence-electron chi connectivity index (χ3n) is 2.87. The van der Waals surface area contributed by atoms with Crippen LogP contribution in [0.15, 0.2) is 33.7 Å². The zero-order valence-electron chi connectivity index (χ0n) is 13.0. The molecule has 21 heavy (non-hydrogen) atoms. The fourth-order valence-corrected chi connectivity index (χ4v) is 2.34. The van der Waals surface area contributed by atoms with E-state index in [2.05, 4.69) is 56.7 Å². The molecule has 4 nitrogen and oxygen atoms in total. The summed E-state index contributed by atoms with van der Waals surface area (Å²) >= 11 is 3.50. The van der Waals surface area contributed by atoms with Crippen molar-refractivity contribution in [1.82, 2.24) is 10.6 Å². The van der Waals surface area contributed by atoms with E-state index in [4.69, 9.17) is 4.74 Å². The van der Waals surface area contributed by atoms with Crippen LogP contribution in [-0.4, -0.2) is 38.8 Å². The summed E-state index contributed by atoms with van der Waals surface area (Å²) in [5, 5.41) is 6.51. The minimum Gasteiger partial charge on any atom is -0.380 e. The molecule has 0 fully saturated rings. The molecule has 0 aromatic heterocycles. The first-order chi connectivity index (χ1) is 10.3. The number of hydrogen-bond donors (Lipinski definition) is 2. The van der Waals surface area contributed by atoms with Crippen molar-refractivity contribution in [3.8, 4) is 0 Å². The van der Waals surface area contributed by atoms with Gasteiger partial charge < -0.3 is 15.4 Å². The number of nitrogens with zero attached hydrogens (tertiary/aromatic N) is 1. The molecule has 0 bridgehead atoms. The van der Waals surface area contributed by atoms with Gasteiger partial charge in [0, 0.05) is 30.7 Å². The van der Waals surface area contributed by atoms with Crippen LogP contribution in [0, 0.1) is 0 Å². The van der Waals surface area contributed by atoms with Gasteiger partial charge in [-0.1, -0.05) is 28.1 Å². The molecule has 1 rings (SSSR count). The molecule has 0 atom stereocenters. The van der Waals surface area contributed by atoms with E-state index in [1.54, 1.807) is 0 Å². The van der Waals surface area contributed by atoms with Gasteiger partial charge in [-0.3, -0.25) is 4.99 Å². The smallest absolute Gasteiger partial charge is 0.191 e. The van der Waals surface area contributed by atoms with E-state index >= 15 is 0 Å². The lowest BCUT2D eigenvalue weighted by Crippen LogP contribution is -2.39. The lowest BCUT2D eigenvalue weighted by molar-refractivity contribution is 0.152. The minimum absolute atomic E-state index is 0.707. The normalized spacial score (nSPS) is 11.5. The molecule has 0 radical (unpaired) electrons. The quantitative estimate of drug-likeness (QED) is 0.406. The van der Waals surface area contributed by atoms with E-state index in [-0.39, 0.29) is 0 Å². The Morgan fingerprint density at radius 3 is 2.86 bits per heavy atom. The summed E-state index contributed by atoms with van der Waals surface area (Å²) < 4.78 is 6.44. The number of nitrogens with one attached hydrogen (secondary N) is 2. The van der Waals surface area contributed by atoms with Crippen molar-refractivity contribution in [2.75, 3.05) is 32.8 Å². The van der Waals surface area contributed by atoms with Crippen molar-refractivity contribution in [3.05, 3.63) is 34.3 Å². The molecule has 0 amide bonds. The van der Waals surface area contributed by atoms with Gasteiger partial charge in [-0.2, -0.15) is 0 Å². The van der Waals surface area contributed by atoms with E-state index < -0.39 is 0 Å². The molecule has 5 heteroatoms. The second-order valence-electron chi connectivity index (χ2n) is 4.62. The van der Waals surface area contributed by atoms with E-state index in [1.807, 2.05) is 13.0 Å². The molecule has 0 heterocycles. The van der Waals surface area contributed by atoms with Crippen LogP contribution in [0.2, 0.25) is 0 Å². The van der Waals surface area contributed by atoms with Crippen molar-refractivity contribution in [2.45, 2.75) is 26.7 Å². The van der Waals surface area contributed by atoms with Crippen molar-refractivity contribution < 1.29 is 4.74 Å². The predicted octanol–water partition coefficient (Wildman–Crippen LogP) is 2.97. The lowest BCUT2D eigenvalue weighted by Gasteiger charge is -2.11. The van der Waals surface area contributed by atoms with E-state index in [9.17, 15) is 0 Å². The summed E-state index contributed by atoms with van der Waals surface area (Å²) in [6, 6.07) is 8.44. The average molecular weight is 356 g/mol. The second-order valence-corrected chi connectivity index (χ2v) is 5.53. The number of hydrogen-bond acceptors (Lipinski definition) is 2. The van der Waals surface area contributed by atoms with Crippen LogP contribution in [0.3, 0.4) is 0 Å². The molecule has 0 saturated heterocycles. The van der Waals surface area contributed by atoms with Crippen molar-refractivity contribution in [1.29, 1.82) is 0 Å². The van der Waals surface area contributed by atoms with Gasteiger partial charge in [0.15, 0.2) is 5.96 Å². The summed E-state index contributed by atoms with van der Waals surface area (Å²) in [5.41, 5.74) is 1.34. The first-order valence-corrected chi connectivity index (χ1v) is 8.40. The highest BCUT2D eigenvalue weighted by Gasteiger charge is 1.97. The monoisotopic (exact) mass is 355 g/mol. The Balaban J connectivity index is 2.29. The van der Waals surface area contributed by atoms with Crippen molar-refractivity contribution in [3.63, 3.8) is 0 Å². The van der Waals surface area contributed by atoms with Crippen LogP contribution >= 0.6 is 15.9 Å². The van der Waals surface area contributed by atoms with Gasteiger partial charge in [0.1, 0.15) is 0 Å². The van der Waals surface area contributed by atoms with E-state index in [1.165, 1.54) is 5.56 Å². The third kappa shape index (κ3) is 8.73. The Morgan fingerprint density at radius 1 is 1.29 bits per heavy atom. The van der Waals surface area contributed by atoms with E-state index in [0.29, 0.717) is 6.61 Å². The highest BCUT2D eigenvalue weighted by atomic mass is 79.9. The molecule has 0 saturated carbocycles. The fraction of sp³-hybridized carbons (Fsp3) is 0.562. The van der Waals surface area contributed by atoms with E-state index in [0.717, 1.165) is 49.5 Å². The van der Waals surface area contributed by atoms with Gasteiger partial charge in [-0.05, 0) is 44.4 Å². The number of ether oxygens (including phenoxy) is 1. The first-order valence-electron chi connectivity index (χ1n) is 7.60. The molecule has 1 aromatic rings. The molecule has 1 aromatic carbocycles. The Kier molecular flexibility index (Phi) is 9.91. The highest BCUT2D eigenvalue weighted by Crippen LogP contribution is 2.12. The second kappa shape index (κ2) is 11.6. The fourth-order valence-electron chi connectivity index (χ4n) is 1.89. The summed E-state index contributed by atoms with van der Waals surface area (Å²) in [6.45, 7) is 8.00. The Hall–Kier alpha value is -1.07. The predicted molar refractivity (Wildman–Crippen MR) is 92.9 cm³/mol. The van der Waals surface area contributed by atoms with Crippen LogP contribution in [-0.2, 0) is 11.2 Å². The van der Waals surface area contributed by atoms with Crippen LogP contribution in [0.25, 0.3) is 0 Å². The van der Waals surface area contributed by atoms with Gasteiger partial charge in [0.2, 0.25) is 0 Å². The van der Waals surface area contributed by atoms with Crippen LogP contribution in [0.4, 0.5) is 0 Å². The van der Waals surface area contributed by atoms with Crippen molar-refractivity contribution >= 4 is 21.9 Å². The maximum Gasteiger partial charge on any atom is 0.191 e. The summed E-state index contributed by atoms with van der Waals surface area (Å²) in [5.74, 6) is 0.867. The highest BCUT2D eigenvalue weighted by molar-refractivity contribution is 9.10. The standard InChI is InChI=1S/C16H26BrN3O/c1-3-18-16(20-11-12-21-4-2)19-10-6-8-14-7-5-9-15(17)13-14/h5,7,9,13H,3-4,6,8,10-12H2,1-2H3,(H2,18,19,20). The number of aryl methyl sites for hydroxylation is 1. The number of rotatable bonds is 9. The maximum absolute atomic E-state index is 5.31. The van der Waals surface area contributed by atoms with Crippen molar-refractivity contribution in [2.24, 2.45) is 4.99 Å². The van der Waals surface area contributed by atoms with Crippen LogP contribution in [0.5, 0.6) is 0 Å². The molecule has 0 spiro atoms. The number of aliphatic imine (C=N–C) groups is 1. The summed E-state index contributed by atoms with van der Waals surface area (Å²) in [6.07, 6.45) is 2.08. The Bertz CT molecular complexity index is 424. The van der Waals surface area contributed by atoms with Crippen LogP contribution < -0.4 is 10.6 Å². The molecule has 0 unspecified atom stereocenters. The summed E-state index contributed by atoms with van der Waals surface area (Å²) in [7, 11) is 0. The third-order valence-corrected chi connectivity index (χ3v) is 3.36. The van der Waals surface area contributed by atoms with Gasteiger partial charge in [0.05, 0.1) is 6.61 Å². The SMILES string of the molecule is CCNC(=NCCCc1cccc(Br)c1)NCCOCC. The molecule has 0 aliphatic heterocycles. The largest absolute Gasteiger partial charge is 0.380 e. The number of guanidine groups is 1. The molecule has 0 aliphatic carbocycles. The zero-order valence-corrected chi connectivity index (χ0v) is 14.6.